The van der Waals surface area contributed by atoms with Crippen LogP contribution in [0.2, 0.25) is 0 Å². The van der Waals surface area contributed by atoms with E-state index in [1.165, 1.54) is 0 Å². The molecule has 5 heteroatoms. The number of benzene rings is 1. The van der Waals surface area contributed by atoms with Crippen LogP contribution in [0, 0.1) is 6.92 Å². The lowest BCUT2D eigenvalue weighted by atomic mass is 10.2. The summed E-state index contributed by atoms with van der Waals surface area (Å²) in [7, 11) is 0. The molecular formula is C13H15N3OS. The Hall–Kier alpha value is -1.88. The maximum atomic E-state index is 5.70. The monoisotopic (exact) mass is 261 g/mol. The van der Waals surface area contributed by atoms with Gasteiger partial charge in [0.15, 0.2) is 0 Å². The van der Waals surface area contributed by atoms with Crippen LogP contribution in [0.4, 0.5) is 0 Å². The number of rotatable bonds is 5. The van der Waals surface area contributed by atoms with Gasteiger partial charge >= 0.3 is 0 Å². The fourth-order valence-electron chi connectivity index (χ4n) is 1.67. The fraction of sp³-hybridized carbons (Fsp3) is 0.231. The van der Waals surface area contributed by atoms with Gasteiger partial charge in [-0.25, -0.2) is 0 Å². The molecule has 0 saturated heterocycles. The number of aryl methyl sites for hydroxylation is 1. The molecule has 4 nitrogen and oxygen atoms in total. The van der Waals surface area contributed by atoms with Gasteiger partial charge in [0.1, 0.15) is 17.3 Å². The van der Waals surface area contributed by atoms with Crippen molar-refractivity contribution >= 4 is 17.2 Å². The van der Waals surface area contributed by atoms with Crippen LogP contribution in [0.1, 0.15) is 11.3 Å². The highest BCUT2D eigenvalue weighted by atomic mass is 32.1. The smallest absolute Gasteiger partial charge is 0.129 e. The predicted molar refractivity (Wildman–Crippen MR) is 74.8 cm³/mol. The summed E-state index contributed by atoms with van der Waals surface area (Å²) < 4.78 is 7.59. The predicted octanol–water partition coefficient (Wildman–Crippen LogP) is 1.90. The number of aromatic nitrogens is 2. The third-order valence-corrected chi connectivity index (χ3v) is 2.86. The molecule has 0 amide bonds. The van der Waals surface area contributed by atoms with Crippen molar-refractivity contribution in [2.24, 2.45) is 5.73 Å². The van der Waals surface area contributed by atoms with Gasteiger partial charge in [0.2, 0.25) is 0 Å². The molecular weight excluding hydrogens is 246 g/mol. The zero-order valence-electron chi connectivity index (χ0n) is 10.2. The molecule has 0 aliphatic rings. The summed E-state index contributed by atoms with van der Waals surface area (Å²) in [6.45, 7) is 3.24. The number of hydrogen-bond acceptors (Lipinski definition) is 3. The lowest BCUT2D eigenvalue weighted by molar-refractivity contribution is 0.289. The molecule has 2 N–H and O–H groups in total. The minimum absolute atomic E-state index is 0.348. The Labute approximate surface area is 111 Å². The van der Waals surface area contributed by atoms with Crippen molar-refractivity contribution in [3.05, 3.63) is 47.8 Å². The molecule has 1 aromatic heterocycles. The van der Waals surface area contributed by atoms with E-state index in [1.807, 2.05) is 41.9 Å². The van der Waals surface area contributed by atoms with E-state index in [4.69, 9.17) is 22.7 Å². The standard InChI is InChI=1S/C13H15N3OS/c1-10-6-7-15-16(10)8-9-17-12-5-3-2-4-11(12)13(14)18/h2-7H,8-9H2,1H3,(H2,14,18). The highest BCUT2D eigenvalue weighted by Gasteiger charge is 2.05. The molecule has 0 spiro atoms. The van der Waals surface area contributed by atoms with Gasteiger partial charge in [0, 0.05) is 11.9 Å². The first-order valence-corrected chi connectivity index (χ1v) is 6.09. The number of para-hydroxylation sites is 1. The SMILES string of the molecule is Cc1ccnn1CCOc1ccccc1C(N)=S. The minimum atomic E-state index is 0.348. The van der Waals surface area contributed by atoms with Crippen LogP contribution in [-0.4, -0.2) is 21.4 Å². The second-order valence-electron chi connectivity index (χ2n) is 3.90. The van der Waals surface area contributed by atoms with E-state index in [0.29, 0.717) is 18.1 Å². The zero-order valence-corrected chi connectivity index (χ0v) is 11.0. The molecule has 0 bridgehead atoms. The maximum Gasteiger partial charge on any atom is 0.129 e. The van der Waals surface area contributed by atoms with Gasteiger partial charge in [-0.15, -0.1) is 0 Å². The van der Waals surface area contributed by atoms with E-state index in [1.54, 1.807) is 6.20 Å². The molecule has 1 heterocycles. The van der Waals surface area contributed by atoms with Crippen LogP contribution >= 0.6 is 12.2 Å². The van der Waals surface area contributed by atoms with Crippen molar-refractivity contribution in [2.45, 2.75) is 13.5 Å². The van der Waals surface area contributed by atoms with Crippen molar-refractivity contribution < 1.29 is 4.74 Å². The van der Waals surface area contributed by atoms with Crippen molar-refractivity contribution in [2.75, 3.05) is 6.61 Å². The van der Waals surface area contributed by atoms with Crippen LogP contribution in [0.15, 0.2) is 36.5 Å². The quantitative estimate of drug-likeness (QED) is 0.835. The molecule has 1 aromatic carbocycles. The zero-order chi connectivity index (χ0) is 13.0. The van der Waals surface area contributed by atoms with Gasteiger partial charge < -0.3 is 10.5 Å². The summed E-state index contributed by atoms with van der Waals surface area (Å²) in [5.74, 6) is 0.717. The third kappa shape index (κ3) is 2.87. The fourth-order valence-corrected chi connectivity index (χ4v) is 1.84. The topological polar surface area (TPSA) is 53.1 Å². The number of hydrogen-bond donors (Lipinski definition) is 1. The summed E-state index contributed by atoms with van der Waals surface area (Å²) in [6.07, 6.45) is 1.78. The average Bonchev–Trinajstić information content (AvgIpc) is 2.76. The molecule has 0 atom stereocenters. The molecule has 0 aliphatic carbocycles. The van der Waals surface area contributed by atoms with Gasteiger partial charge in [0.05, 0.1) is 12.1 Å². The molecule has 2 rings (SSSR count). The Balaban J connectivity index is 1.99. The van der Waals surface area contributed by atoms with Crippen molar-refractivity contribution in [3.8, 4) is 5.75 Å². The van der Waals surface area contributed by atoms with Crippen LogP contribution < -0.4 is 10.5 Å². The van der Waals surface area contributed by atoms with E-state index in [-0.39, 0.29) is 0 Å². The van der Waals surface area contributed by atoms with Gasteiger partial charge in [0.25, 0.3) is 0 Å². The minimum Gasteiger partial charge on any atom is -0.491 e. The second kappa shape index (κ2) is 5.64. The molecule has 0 unspecified atom stereocenters. The molecule has 0 fully saturated rings. The number of nitrogens with two attached hydrogens (primary N) is 1. The van der Waals surface area contributed by atoms with Crippen LogP contribution in [-0.2, 0) is 6.54 Å². The first-order valence-electron chi connectivity index (χ1n) is 5.68. The Morgan fingerprint density at radius 2 is 2.17 bits per heavy atom. The van der Waals surface area contributed by atoms with Gasteiger partial charge in [-0.2, -0.15) is 5.10 Å². The van der Waals surface area contributed by atoms with Crippen molar-refractivity contribution in [1.29, 1.82) is 0 Å². The third-order valence-electron chi connectivity index (χ3n) is 2.64. The summed E-state index contributed by atoms with van der Waals surface area (Å²) in [5, 5.41) is 4.19. The summed E-state index contributed by atoms with van der Waals surface area (Å²) in [6, 6.07) is 9.47. The van der Waals surface area contributed by atoms with Crippen molar-refractivity contribution in [3.63, 3.8) is 0 Å². The number of thiocarbonyl (C=S) groups is 1. The van der Waals surface area contributed by atoms with E-state index in [2.05, 4.69) is 5.10 Å². The molecule has 94 valence electrons. The van der Waals surface area contributed by atoms with Gasteiger partial charge in [-0.05, 0) is 25.1 Å². The van der Waals surface area contributed by atoms with E-state index in [9.17, 15) is 0 Å². The van der Waals surface area contributed by atoms with Gasteiger partial charge in [-0.3, -0.25) is 4.68 Å². The molecule has 0 aliphatic heterocycles. The maximum absolute atomic E-state index is 5.70. The summed E-state index contributed by atoms with van der Waals surface area (Å²) in [4.78, 5) is 0.348. The summed E-state index contributed by atoms with van der Waals surface area (Å²) >= 11 is 4.98. The lowest BCUT2D eigenvalue weighted by Crippen LogP contribution is -2.14. The van der Waals surface area contributed by atoms with E-state index >= 15 is 0 Å². The number of nitrogens with zero attached hydrogens (tertiary/aromatic N) is 2. The second-order valence-corrected chi connectivity index (χ2v) is 4.34. The Kier molecular flexibility index (Phi) is 3.94. The van der Waals surface area contributed by atoms with Crippen LogP contribution in [0.3, 0.4) is 0 Å². The molecule has 2 aromatic rings. The van der Waals surface area contributed by atoms with Crippen molar-refractivity contribution in [1.82, 2.24) is 9.78 Å². The lowest BCUT2D eigenvalue weighted by Gasteiger charge is -2.11. The normalized spacial score (nSPS) is 10.3. The molecule has 18 heavy (non-hydrogen) atoms. The van der Waals surface area contributed by atoms with E-state index < -0.39 is 0 Å². The Bertz CT molecular complexity index is 551. The van der Waals surface area contributed by atoms with Gasteiger partial charge in [-0.1, -0.05) is 24.4 Å². The largest absolute Gasteiger partial charge is 0.491 e. The number of ether oxygens (including phenoxy) is 1. The van der Waals surface area contributed by atoms with E-state index in [0.717, 1.165) is 17.0 Å². The summed E-state index contributed by atoms with van der Waals surface area (Å²) in [5.41, 5.74) is 7.52. The Morgan fingerprint density at radius 1 is 1.39 bits per heavy atom. The molecule has 0 saturated carbocycles. The first-order chi connectivity index (χ1) is 8.68. The molecule has 0 radical (unpaired) electrons. The van der Waals surface area contributed by atoms with Crippen LogP contribution in [0.5, 0.6) is 5.75 Å². The highest BCUT2D eigenvalue weighted by Crippen LogP contribution is 2.17. The average molecular weight is 261 g/mol. The van der Waals surface area contributed by atoms with Crippen LogP contribution in [0.25, 0.3) is 0 Å². The first kappa shape index (κ1) is 12.6. The highest BCUT2D eigenvalue weighted by molar-refractivity contribution is 7.80. The Morgan fingerprint density at radius 3 is 2.83 bits per heavy atom.